The maximum absolute atomic E-state index is 13.4. The lowest BCUT2D eigenvalue weighted by atomic mass is 10.3. The molecule has 2 N–H and O–H groups in total. The third kappa shape index (κ3) is 2.88. The number of rotatable bonds is 2. The predicted octanol–water partition coefficient (Wildman–Crippen LogP) is 5.27. The van der Waals surface area contributed by atoms with Crippen molar-refractivity contribution in [2.75, 3.05) is 5.73 Å². The number of benzene rings is 2. The van der Waals surface area contributed by atoms with Gasteiger partial charge in [-0.05, 0) is 34.1 Å². The van der Waals surface area contributed by atoms with E-state index in [0.29, 0.717) is 20.9 Å². The molecule has 2 rings (SSSR count). The van der Waals surface area contributed by atoms with Crippen molar-refractivity contribution < 1.29 is 9.13 Å². The first-order chi connectivity index (χ1) is 8.47. The van der Waals surface area contributed by atoms with Crippen LogP contribution in [0.2, 0.25) is 10.0 Å². The second-order valence-corrected chi connectivity index (χ2v) is 5.18. The highest BCUT2D eigenvalue weighted by Crippen LogP contribution is 2.36. The Bertz CT molecular complexity index is 607. The molecule has 2 aromatic rings. The maximum Gasteiger partial charge on any atom is 0.151 e. The van der Waals surface area contributed by atoms with Crippen LogP contribution in [0, 0.1) is 5.82 Å². The summed E-state index contributed by atoms with van der Waals surface area (Å²) in [5.41, 5.74) is 6.14. The summed E-state index contributed by atoms with van der Waals surface area (Å²) in [6.07, 6.45) is 0. The topological polar surface area (TPSA) is 35.2 Å². The molecule has 18 heavy (non-hydrogen) atoms. The molecule has 0 saturated carbocycles. The van der Waals surface area contributed by atoms with Gasteiger partial charge in [0.2, 0.25) is 0 Å². The van der Waals surface area contributed by atoms with Gasteiger partial charge in [0.25, 0.3) is 0 Å². The molecule has 0 spiro atoms. The zero-order chi connectivity index (χ0) is 13.3. The Balaban J connectivity index is 2.40. The standard InChI is InChI=1S/C12H7BrCl2FNO/c13-7-4-8(15)9(16)5-11(7)18-12-3-6(14)1-2-10(12)17/h1-5H,17H2. The Morgan fingerprint density at radius 2 is 1.83 bits per heavy atom. The first kappa shape index (κ1) is 13.5. The summed E-state index contributed by atoms with van der Waals surface area (Å²) in [5, 5.41) is 0.484. The van der Waals surface area contributed by atoms with Crippen LogP contribution >= 0.6 is 39.1 Å². The molecule has 0 bridgehead atoms. The zero-order valence-corrected chi connectivity index (χ0v) is 12.0. The second-order valence-electron chi connectivity index (χ2n) is 3.48. The number of anilines is 1. The van der Waals surface area contributed by atoms with Gasteiger partial charge in [-0.25, -0.2) is 4.39 Å². The summed E-state index contributed by atoms with van der Waals surface area (Å²) in [5.74, 6) is 0.0475. The van der Waals surface area contributed by atoms with Crippen LogP contribution in [0.4, 0.5) is 10.1 Å². The third-order valence-corrected chi connectivity index (χ3v) is 3.31. The number of nitrogen functional groups attached to an aromatic ring is 1. The van der Waals surface area contributed by atoms with Crippen molar-refractivity contribution in [2.24, 2.45) is 0 Å². The van der Waals surface area contributed by atoms with Crippen LogP contribution in [-0.2, 0) is 0 Å². The summed E-state index contributed by atoms with van der Waals surface area (Å²) in [4.78, 5) is 0. The monoisotopic (exact) mass is 349 g/mol. The smallest absolute Gasteiger partial charge is 0.151 e. The van der Waals surface area contributed by atoms with Crippen molar-refractivity contribution in [3.63, 3.8) is 0 Å². The van der Waals surface area contributed by atoms with Crippen molar-refractivity contribution >= 4 is 44.8 Å². The summed E-state index contributed by atoms with van der Waals surface area (Å²) in [7, 11) is 0. The highest BCUT2D eigenvalue weighted by molar-refractivity contribution is 9.10. The second kappa shape index (κ2) is 5.34. The number of hydrogen-bond donors (Lipinski definition) is 1. The van der Waals surface area contributed by atoms with Crippen LogP contribution < -0.4 is 10.5 Å². The molecule has 0 aliphatic heterocycles. The zero-order valence-electron chi connectivity index (χ0n) is 8.88. The Kier molecular flexibility index (Phi) is 4.00. The van der Waals surface area contributed by atoms with E-state index in [2.05, 4.69) is 15.9 Å². The van der Waals surface area contributed by atoms with Crippen LogP contribution in [0.15, 0.2) is 34.8 Å². The molecule has 94 valence electrons. The number of hydrogen-bond acceptors (Lipinski definition) is 2. The maximum atomic E-state index is 13.4. The van der Waals surface area contributed by atoms with Gasteiger partial charge in [-0.2, -0.15) is 0 Å². The van der Waals surface area contributed by atoms with E-state index in [9.17, 15) is 4.39 Å². The van der Waals surface area contributed by atoms with Gasteiger partial charge in [-0.15, -0.1) is 0 Å². The fraction of sp³-hybridized carbons (Fsp3) is 0. The van der Waals surface area contributed by atoms with Gasteiger partial charge in [0.1, 0.15) is 11.6 Å². The minimum Gasteiger partial charge on any atom is -0.454 e. The molecule has 2 aromatic carbocycles. The fourth-order valence-corrected chi connectivity index (χ4v) is 2.18. The first-order valence-electron chi connectivity index (χ1n) is 4.85. The van der Waals surface area contributed by atoms with E-state index in [1.807, 2.05) is 0 Å². The summed E-state index contributed by atoms with van der Waals surface area (Å²) in [6, 6.07) is 7.38. The van der Waals surface area contributed by atoms with Gasteiger partial charge in [-0.3, -0.25) is 0 Å². The molecule has 0 aromatic heterocycles. The number of nitrogens with two attached hydrogens (primary N) is 1. The van der Waals surface area contributed by atoms with E-state index in [0.717, 1.165) is 0 Å². The van der Waals surface area contributed by atoms with Gasteiger partial charge in [-0.1, -0.05) is 23.2 Å². The Morgan fingerprint density at radius 1 is 1.11 bits per heavy atom. The molecule has 0 aliphatic carbocycles. The summed E-state index contributed by atoms with van der Waals surface area (Å²) in [6.45, 7) is 0. The van der Waals surface area contributed by atoms with Gasteiger partial charge < -0.3 is 10.5 Å². The molecular weight excluding hydrogens is 344 g/mol. The van der Waals surface area contributed by atoms with Crippen LogP contribution in [-0.4, -0.2) is 0 Å². The molecule has 0 radical (unpaired) electrons. The number of ether oxygens (including phenoxy) is 1. The Morgan fingerprint density at radius 3 is 2.56 bits per heavy atom. The van der Waals surface area contributed by atoms with Crippen LogP contribution in [0.1, 0.15) is 0 Å². The van der Waals surface area contributed by atoms with Crippen molar-refractivity contribution in [3.8, 4) is 11.5 Å². The highest BCUT2D eigenvalue weighted by atomic mass is 79.9. The van der Waals surface area contributed by atoms with Gasteiger partial charge in [0.05, 0.1) is 15.2 Å². The summed E-state index contributed by atoms with van der Waals surface area (Å²) < 4.78 is 19.4. The molecule has 6 heteroatoms. The van der Waals surface area contributed by atoms with Crippen molar-refractivity contribution in [1.29, 1.82) is 0 Å². The van der Waals surface area contributed by atoms with E-state index >= 15 is 0 Å². The lowest BCUT2D eigenvalue weighted by Crippen LogP contribution is -1.93. The van der Waals surface area contributed by atoms with E-state index in [4.69, 9.17) is 33.7 Å². The summed E-state index contributed by atoms with van der Waals surface area (Å²) >= 11 is 14.7. The lowest BCUT2D eigenvalue weighted by molar-refractivity contribution is 0.476. The van der Waals surface area contributed by atoms with Crippen molar-refractivity contribution in [3.05, 3.63) is 50.7 Å². The highest BCUT2D eigenvalue weighted by Gasteiger charge is 2.10. The molecule has 0 fully saturated rings. The lowest BCUT2D eigenvalue weighted by Gasteiger charge is -2.11. The van der Waals surface area contributed by atoms with Crippen molar-refractivity contribution in [1.82, 2.24) is 0 Å². The molecule has 0 saturated heterocycles. The average Bonchev–Trinajstić information content (AvgIpc) is 2.30. The molecule has 0 heterocycles. The number of halogens is 4. The average molecular weight is 351 g/mol. The van der Waals surface area contributed by atoms with E-state index in [-0.39, 0.29) is 10.8 Å². The van der Waals surface area contributed by atoms with E-state index in [1.54, 1.807) is 18.2 Å². The predicted molar refractivity (Wildman–Crippen MR) is 75.0 cm³/mol. The SMILES string of the molecule is Nc1ccc(Cl)cc1Oc1cc(F)c(Cl)cc1Br. The van der Waals surface area contributed by atoms with Crippen LogP contribution in [0.25, 0.3) is 0 Å². The molecule has 0 unspecified atom stereocenters. The minimum absolute atomic E-state index is 0.00768. The van der Waals surface area contributed by atoms with Gasteiger partial charge in [0, 0.05) is 17.2 Å². The van der Waals surface area contributed by atoms with Gasteiger partial charge >= 0.3 is 0 Å². The Labute approximate surface area is 122 Å². The Hall–Kier alpha value is -0.970. The molecular formula is C12H7BrCl2FNO. The molecule has 0 amide bonds. The normalized spacial score (nSPS) is 10.4. The third-order valence-electron chi connectivity index (χ3n) is 2.17. The minimum atomic E-state index is -0.574. The molecule has 0 aliphatic rings. The largest absolute Gasteiger partial charge is 0.454 e. The molecule has 2 nitrogen and oxygen atoms in total. The first-order valence-corrected chi connectivity index (χ1v) is 6.39. The van der Waals surface area contributed by atoms with E-state index in [1.165, 1.54) is 12.1 Å². The van der Waals surface area contributed by atoms with Gasteiger partial charge in [0.15, 0.2) is 5.75 Å². The van der Waals surface area contributed by atoms with Crippen LogP contribution in [0.5, 0.6) is 11.5 Å². The quantitative estimate of drug-likeness (QED) is 0.591. The molecule has 0 atom stereocenters. The fourth-order valence-electron chi connectivity index (χ4n) is 1.30. The van der Waals surface area contributed by atoms with Crippen molar-refractivity contribution in [2.45, 2.75) is 0 Å². The van der Waals surface area contributed by atoms with Crippen LogP contribution in [0.3, 0.4) is 0 Å². The van der Waals surface area contributed by atoms with E-state index < -0.39 is 5.82 Å².